The second-order valence-corrected chi connectivity index (χ2v) is 11.0. The summed E-state index contributed by atoms with van der Waals surface area (Å²) in [5, 5.41) is 2.00. The summed E-state index contributed by atoms with van der Waals surface area (Å²) in [6, 6.07) is 34.6. The third-order valence-corrected chi connectivity index (χ3v) is 6.62. The summed E-state index contributed by atoms with van der Waals surface area (Å²) < 4.78 is 53.0. The number of pyridine rings is 2. The molecule has 0 bridgehead atoms. The standard InChI is InChI=1S/C28H24NO.C11H7FN.Ir/c1-28(2,3)18-19-11-13-20(14-12-19)21-15-16-29-25(17-21)24-9-6-8-23-22-7-4-5-10-26(22)30-27(23)24;12-10-6-4-9(5-7-10)11-3-1-2-8-13-11;/h4-8,10-17H,18H2,1-3H3;1-4,6-8H;/q2*-1;/i13D,14D,18D2;;. The van der Waals surface area contributed by atoms with Crippen molar-refractivity contribution >= 4 is 21.9 Å². The summed E-state index contributed by atoms with van der Waals surface area (Å²) >= 11 is 0. The topological polar surface area (TPSA) is 38.9 Å². The molecule has 0 spiro atoms. The molecule has 0 aliphatic heterocycles. The van der Waals surface area contributed by atoms with E-state index >= 15 is 0 Å². The number of hydrogen-bond acceptors (Lipinski definition) is 3. The minimum absolute atomic E-state index is 0. The minimum atomic E-state index is -1.67. The van der Waals surface area contributed by atoms with Crippen molar-refractivity contribution in [3.05, 3.63) is 145 Å². The maximum Gasteiger partial charge on any atom is 0.120 e. The molecule has 221 valence electrons. The van der Waals surface area contributed by atoms with Gasteiger partial charge in [-0.25, -0.2) is 0 Å². The van der Waals surface area contributed by atoms with Gasteiger partial charge in [0.2, 0.25) is 0 Å². The van der Waals surface area contributed by atoms with E-state index in [4.69, 9.17) is 9.90 Å². The van der Waals surface area contributed by atoms with E-state index in [0.717, 1.165) is 27.6 Å². The Labute approximate surface area is 276 Å². The first-order chi connectivity index (χ1) is 22.4. The monoisotopic (exact) mass is 759 g/mol. The predicted molar refractivity (Wildman–Crippen MR) is 173 cm³/mol. The zero-order valence-corrected chi connectivity index (χ0v) is 26.8. The summed E-state index contributed by atoms with van der Waals surface area (Å²) in [6.07, 6.45) is 1.68. The Hall–Kier alpha value is -4.44. The predicted octanol–water partition coefficient (Wildman–Crippen LogP) is 10.4. The van der Waals surface area contributed by atoms with Gasteiger partial charge in [-0.15, -0.1) is 48.0 Å². The van der Waals surface area contributed by atoms with Gasteiger partial charge in [0.1, 0.15) is 5.58 Å². The maximum absolute atomic E-state index is 12.6. The Morgan fingerprint density at radius 1 is 0.818 bits per heavy atom. The second kappa shape index (κ2) is 13.5. The van der Waals surface area contributed by atoms with Gasteiger partial charge in [-0.05, 0) is 58.1 Å². The molecule has 0 saturated carbocycles. The molecule has 0 aliphatic rings. The summed E-state index contributed by atoms with van der Waals surface area (Å²) in [5.74, 6) is -0.278. The fourth-order valence-electron chi connectivity index (χ4n) is 4.75. The van der Waals surface area contributed by atoms with Crippen LogP contribution in [0.25, 0.3) is 55.6 Å². The van der Waals surface area contributed by atoms with Crippen LogP contribution in [0, 0.1) is 23.4 Å². The molecule has 0 amide bonds. The Morgan fingerprint density at radius 2 is 1.59 bits per heavy atom. The Bertz CT molecular complexity index is 2170. The normalized spacial score (nSPS) is 12.7. The zero-order chi connectivity index (χ0) is 33.3. The van der Waals surface area contributed by atoms with E-state index in [0.29, 0.717) is 33.5 Å². The molecule has 0 saturated heterocycles. The molecule has 7 rings (SSSR count). The van der Waals surface area contributed by atoms with Gasteiger partial charge in [0, 0.05) is 46.4 Å². The number of rotatable bonds is 4. The van der Waals surface area contributed by atoms with Gasteiger partial charge in [0.25, 0.3) is 0 Å². The molecule has 1 radical (unpaired) electrons. The third-order valence-electron chi connectivity index (χ3n) is 6.62. The van der Waals surface area contributed by atoms with E-state index in [1.165, 1.54) is 24.3 Å². The van der Waals surface area contributed by atoms with Crippen LogP contribution < -0.4 is 0 Å². The third kappa shape index (κ3) is 7.19. The van der Waals surface area contributed by atoms with Crippen LogP contribution in [0.4, 0.5) is 4.39 Å². The molecular formula is C39H31FIrN2O-2. The Morgan fingerprint density at radius 3 is 2.32 bits per heavy atom. The number of furan rings is 1. The van der Waals surface area contributed by atoms with Crippen LogP contribution in [0.3, 0.4) is 0 Å². The van der Waals surface area contributed by atoms with Crippen molar-refractivity contribution in [2.75, 3.05) is 0 Å². The quantitative estimate of drug-likeness (QED) is 0.168. The smallest absolute Gasteiger partial charge is 0.120 e. The van der Waals surface area contributed by atoms with E-state index in [1.807, 2.05) is 81.4 Å². The molecule has 3 aromatic heterocycles. The number of para-hydroxylation sites is 1. The van der Waals surface area contributed by atoms with Crippen LogP contribution in [-0.4, -0.2) is 9.97 Å². The van der Waals surface area contributed by atoms with Gasteiger partial charge in [0.05, 0.1) is 8.32 Å². The van der Waals surface area contributed by atoms with Crippen LogP contribution in [0.1, 0.15) is 31.8 Å². The van der Waals surface area contributed by atoms with E-state index < -0.39 is 11.8 Å². The zero-order valence-electron chi connectivity index (χ0n) is 28.4. The molecule has 44 heavy (non-hydrogen) atoms. The van der Waals surface area contributed by atoms with Crippen LogP contribution in [-0.2, 0) is 26.5 Å². The number of aromatic nitrogens is 2. The fourth-order valence-corrected chi connectivity index (χ4v) is 4.75. The molecule has 4 aromatic carbocycles. The molecule has 0 unspecified atom stereocenters. The molecule has 0 N–H and O–H groups in total. The van der Waals surface area contributed by atoms with Crippen molar-refractivity contribution in [1.29, 1.82) is 0 Å². The summed E-state index contributed by atoms with van der Waals surface area (Å²) in [4.78, 5) is 8.66. The van der Waals surface area contributed by atoms with Gasteiger partial charge >= 0.3 is 0 Å². The van der Waals surface area contributed by atoms with Crippen LogP contribution >= 0.6 is 0 Å². The largest absolute Gasteiger partial charge is 0.501 e. The molecule has 3 nitrogen and oxygen atoms in total. The van der Waals surface area contributed by atoms with Gasteiger partial charge in [-0.1, -0.05) is 92.3 Å². The van der Waals surface area contributed by atoms with Gasteiger partial charge in [-0.3, -0.25) is 4.39 Å². The van der Waals surface area contributed by atoms with Crippen LogP contribution in [0.5, 0.6) is 0 Å². The maximum atomic E-state index is 12.6. The first kappa shape index (κ1) is 26.0. The molecule has 5 heteroatoms. The first-order valence-electron chi connectivity index (χ1n) is 15.9. The average molecular weight is 759 g/mol. The van der Waals surface area contributed by atoms with E-state index in [9.17, 15) is 4.39 Å². The van der Waals surface area contributed by atoms with Crippen molar-refractivity contribution < 1.29 is 34.4 Å². The number of halogens is 1. The van der Waals surface area contributed by atoms with Crippen molar-refractivity contribution in [3.63, 3.8) is 0 Å². The molecule has 7 aromatic rings. The van der Waals surface area contributed by atoms with Crippen molar-refractivity contribution in [3.8, 4) is 33.6 Å². The Kier molecular flexibility index (Phi) is 7.96. The molecular weight excluding hydrogens is 724 g/mol. The minimum Gasteiger partial charge on any atom is -0.501 e. The van der Waals surface area contributed by atoms with E-state index in [-0.39, 0.29) is 38.0 Å². The Balaban J connectivity index is 0.000000270. The van der Waals surface area contributed by atoms with Gasteiger partial charge in [-0.2, -0.15) is 0 Å². The van der Waals surface area contributed by atoms with Gasteiger partial charge < -0.3 is 14.4 Å². The first-order valence-corrected chi connectivity index (χ1v) is 13.9. The molecule has 0 atom stereocenters. The number of hydrogen-bond donors (Lipinski definition) is 0. The summed E-state index contributed by atoms with van der Waals surface area (Å²) in [6.45, 7) is 5.45. The number of benzene rings is 4. The average Bonchev–Trinajstić information content (AvgIpc) is 3.44. The fraction of sp³-hybridized carbons (Fsp3) is 0.128. The van der Waals surface area contributed by atoms with E-state index in [1.54, 1.807) is 24.5 Å². The van der Waals surface area contributed by atoms with Crippen LogP contribution in [0.15, 0.2) is 126 Å². The van der Waals surface area contributed by atoms with Crippen molar-refractivity contribution in [2.24, 2.45) is 5.41 Å². The molecule has 0 fully saturated rings. The van der Waals surface area contributed by atoms with Crippen molar-refractivity contribution in [2.45, 2.75) is 27.1 Å². The number of nitrogens with zero attached hydrogens (tertiary/aromatic N) is 2. The summed E-state index contributed by atoms with van der Waals surface area (Å²) in [7, 11) is 0. The SMILES string of the molecule is Fc1c[c-]c(-c2ccccn2)cc1.[2H]c1cc(C([2H])([2H])C(C)(C)C)cc([2H])c1-c1ccnc(-c2[c-]ccc3c2oc2ccccc23)c1.[Ir]. The second-order valence-electron chi connectivity index (χ2n) is 11.0. The molecule has 0 aliphatic carbocycles. The molecule has 3 heterocycles. The number of fused-ring (bicyclic) bond motifs is 3. The summed E-state index contributed by atoms with van der Waals surface area (Å²) in [5.41, 5.74) is 5.23. The van der Waals surface area contributed by atoms with Gasteiger partial charge in [0.15, 0.2) is 0 Å². The van der Waals surface area contributed by atoms with Crippen LogP contribution in [0.2, 0.25) is 0 Å². The van der Waals surface area contributed by atoms with E-state index in [2.05, 4.69) is 22.1 Å². The van der Waals surface area contributed by atoms with Crippen molar-refractivity contribution in [1.82, 2.24) is 9.97 Å².